The van der Waals surface area contributed by atoms with Crippen molar-refractivity contribution in [1.29, 1.82) is 0 Å². The Morgan fingerprint density at radius 1 is 1.40 bits per heavy atom. The summed E-state index contributed by atoms with van der Waals surface area (Å²) in [6.45, 7) is 4.00. The van der Waals surface area contributed by atoms with E-state index in [0.717, 1.165) is 17.9 Å². The van der Waals surface area contributed by atoms with Crippen molar-refractivity contribution in [2.45, 2.75) is 26.6 Å². The standard InChI is InChI=1S/C9H14N6/c1-2-15-9(11-7-13-15)6-14-5-8(3-10)4-12-14/h4-5,7H,2-3,6,10H2,1H3. The molecule has 2 aromatic rings. The quantitative estimate of drug-likeness (QED) is 0.764. The van der Waals surface area contributed by atoms with Crippen molar-refractivity contribution in [3.63, 3.8) is 0 Å². The van der Waals surface area contributed by atoms with E-state index < -0.39 is 0 Å². The van der Waals surface area contributed by atoms with Crippen LogP contribution in [0.5, 0.6) is 0 Å². The van der Waals surface area contributed by atoms with Gasteiger partial charge in [0.1, 0.15) is 18.7 Å². The third-order valence-corrected chi connectivity index (χ3v) is 2.22. The third kappa shape index (κ3) is 2.04. The molecule has 80 valence electrons. The highest BCUT2D eigenvalue weighted by atomic mass is 15.4. The maximum atomic E-state index is 5.51. The molecule has 0 bridgehead atoms. The second kappa shape index (κ2) is 4.22. The van der Waals surface area contributed by atoms with E-state index in [4.69, 9.17) is 5.73 Å². The molecule has 0 aliphatic heterocycles. The lowest BCUT2D eigenvalue weighted by Gasteiger charge is -2.02. The average Bonchev–Trinajstić information content (AvgIpc) is 2.87. The topological polar surface area (TPSA) is 74.5 Å². The van der Waals surface area contributed by atoms with Crippen LogP contribution in [0.25, 0.3) is 0 Å². The Kier molecular flexibility index (Phi) is 2.77. The predicted octanol–water partition coefficient (Wildman–Crippen LogP) is 0.00150. The van der Waals surface area contributed by atoms with Crippen LogP contribution in [0.1, 0.15) is 18.3 Å². The highest BCUT2D eigenvalue weighted by molar-refractivity contribution is 5.03. The van der Waals surface area contributed by atoms with Gasteiger partial charge in [-0.3, -0.25) is 4.68 Å². The summed E-state index contributed by atoms with van der Waals surface area (Å²) < 4.78 is 3.67. The molecule has 0 atom stereocenters. The predicted molar refractivity (Wildman–Crippen MR) is 54.9 cm³/mol. The minimum atomic E-state index is 0.514. The third-order valence-electron chi connectivity index (χ3n) is 2.22. The van der Waals surface area contributed by atoms with Crippen molar-refractivity contribution >= 4 is 0 Å². The van der Waals surface area contributed by atoms with Crippen LogP contribution in [-0.2, 0) is 19.6 Å². The highest BCUT2D eigenvalue weighted by Gasteiger charge is 2.04. The van der Waals surface area contributed by atoms with E-state index in [1.807, 2.05) is 22.5 Å². The van der Waals surface area contributed by atoms with Gasteiger partial charge in [-0.2, -0.15) is 10.2 Å². The van der Waals surface area contributed by atoms with Crippen molar-refractivity contribution in [1.82, 2.24) is 24.5 Å². The molecule has 0 radical (unpaired) electrons. The van der Waals surface area contributed by atoms with Crippen LogP contribution in [0, 0.1) is 0 Å². The largest absolute Gasteiger partial charge is 0.326 e. The van der Waals surface area contributed by atoms with Gasteiger partial charge >= 0.3 is 0 Å². The summed E-state index contributed by atoms with van der Waals surface area (Å²) in [4.78, 5) is 4.18. The molecule has 0 saturated carbocycles. The first-order chi connectivity index (χ1) is 7.33. The summed E-state index contributed by atoms with van der Waals surface area (Å²) in [5.74, 6) is 0.907. The Morgan fingerprint density at radius 3 is 2.93 bits per heavy atom. The minimum Gasteiger partial charge on any atom is -0.326 e. The number of rotatable bonds is 4. The van der Waals surface area contributed by atoms with Gasteiger partial charge in [0.25, 0.3) is 0 Å². The number of aromatic nitrogens is 5. The molecule has 2 heterocycles. The molecule has 6 nitrogen and oxygen atoms in total. The van der Waals surface area contributed by atoms with Gasteiger partial charge in [0.05, 0.1) is 6.20 Å². The van der Waals surface area contributed by atoms with Crippen LogP contribution in [0.2, 0.25) is 0 Å². The number of nitrogens with zero attached hydrogens (tertiary/aromatic N) is 5. The van der Waals surface area contributed by atoms with Gasteiger partial charge in [-0.1, -0.05) is 0 Å². The van der Waals surface area contributed by atoms with Crippen molar-refractivity contribution < 1.29 is 0 Å². The summed E-state index contributed by atoms with van der Waals surface area (Å²) in [6, 6.07) is 0. The minimum absolute atomic E-state index is 0.514. The fraction of sp³-hybridized carbons (Fsp3) is 0.444. The zero-order valence-electron chi connectivity index (χ0n) is 8.67. The van der Waals surface area contributed by atoms with E-state index in [1.165, 1.54) is 0 Å². The lowest BCUT2D eigenvalue weighted by Crippen LogP contribution is -2.09. The Bertz CT molecular complexity index is 429. The van der Waals surface area contributed by atoms with Gasteiger partial charge in [-0.15, -0.1) is 0 Å². The van der Waals surface area contributed by atoms with Crippen LogP contribution in [0.15, 0.2) is 18.7 Å². The number of hydrogen-bond acceptors (Lipinski definition) is 4. The smallest absolute Gasteiger partial charge is 0.148 e. The van der Waals surface area contributed by atoms with E-state index >= 15 is 0 Å². The van der Waals surface area contributed by atoms with E-state index in [-0.39, 0.29) is 0 Å². The molecule has 0 saturated heterocycles. The molecule has 0 unspecified atom stereocenters. The Morgan fingerprint density at radius 2 is 2.27 bits per heavy atom. The monoisotopic (exact) mass is 206 g/mol. The zero-order valence-corrected chi connectivity index (χ0v) is 8.67. The van der Waals surface area contributed by atoms with Crippen LogP contribution in [0.3, 0.4) is 0 Å². The lowest BCUT2D eigenvalue weighted by atomic mass is 10.4. The Hall–Kier alpha value is -1.69. The molecule has 0 spiro atoms. The van der Waals surface area contributed by atoms with Crippen molar-refractivity contribution in [2.24, 2.45) is 5.73 Å². The van der Waals surface area contributed by atoms with Gasteiger partial charge in [0, 0.05) is 24.8 Å². The number of aryl methyl sites for hydroxylation is 1. The first-order valence-electron chi connectivity index (χ1n) is 4.91. The van der Waals surface area contributed by atoms with E-state index in [9.17, 15) is 0 Å². The van der Waals surface area contributed by atoms with E-state index in [2.05, 4.69) is 15.2 Å². The number of nitrogens with two attached hydrogens (primary N) is 1. The van der Waals surface area contributed by atoms with E-state index in [0.29, 0.717) is 13.1 Å². The van der Waals surface area contributed by atoms with Gasteiger partial charge in [0.2, 0.25) is 0 Å². The van der Waals surface area contributed by atoms with Crippen LogP contribution < -0.4 is 5.73 Å². The van der Waals surface area contributed by atoms with Gasteiger partial charge < -0.3 is 5.73 Å². The Labute approximate surface area is 87.7 Å². The molecule has 0 aliphatic carbocycles. The molecular formula is C9H14N6. The van der Waals surface area contributed by atoms with Gasteiger partial charge in [-0.25, -0.2) is 9.67 Å². The molecule has 2 aromatic heterocycles. The second-order valence-corrected chi connectivity index (χ2v) is 3.24. The fourth-order valence-corrected chi connectivity index (χ4v) is 1.42. The molecule has 0 aliphatic rings. The lowest BCUT2D eigenvalue weighted by molar-refractivity contribution is 0.567. The summed E-state index contributed by atoms with van der Waals surface area (Å²) in [5.41, 5.74) is 6.53. The van der Waals surface area contributed by atoms with E-state index in [1.54, 1.807) is 12.5 Å². The molecule has 2 rings (SSSR count). The van der Waals surface area contributed by atoms with Crippen molar-refractivity contribution in [3.05, 3.63) is 30.1 Å². The maximum Gasteiger partial charge on any atom is 0.148 e. The fourth-order valence-electron chi connectivity index (χ4n) is 1.42. The molecule has 0 aromatic carbocycles. The molecule has 15 heavy (non-hydrogen) atoms. The van der Waals surface area contributed by atoms with Crippen molar-refractivity contribution in [2.75, 3.05) is 0 Å². The molecular weight excluding hydrogens is 192 g/mol. The summed E-state index contributed by atoms with van der Waals surface area (Å²) in [5, 5.41) is 8.29. The summed E-state index contributed by atoms with van der Waals surface area (Å²) in [7, 11) is 0. The maximum absolute atomic E-state index is 5.51. The number of hydrogen-bond donors (Lipinski definition) is 1. The second-order valence-electron chi connectivity index (χ2n) is 3.24. The molecule has 0 fully saturated rings. The van der Waals surface area contributed by atoms with Gasteiger partial charge in [-0.05, 0) is 6.92 Å². The summed E-state index contributed by atoms with van der Waals surface area (Å²) >= 11 is 0. The highest BCUT2D eigenvalue weighted by Crippen LogP contribution is 2.00. The first kappa shape index (κ1) is 9.85. The zero-order chi connectivity index (χ0) is 10.7. The summed E-state index contributed by atoms with van der Waals surface area (Å²) in [6.07, 6.45) is 5.26. The van der Waals surface area contributed by atoms with Crippen molar-refractivity contribution in [3.8, 4) is 0 Å². The average molecular weight is 206 g/mol. The van der Waals surface area contributed by atoms with Crippen LogP contribution >= 0.6 is 0 Å². The van der Waals surface area contributed by atoms with Gasteiger partial charge in [0.15, 0.2) is 0 Å². The van der Waals surface area contributed by atoms with Crippen LogP contribution in [-0.4, -0.2) is 24.5 Å². The molecule has 0 amide bonds. The first-order valence-corrected chi connectivity index (χ1v) is 4.91. The SMILES string of the molecule is CCn1ncnc1Cn1cc(CN)cn1. The van der Waals surface area contributed by atoms with Crippen LogP contribution in [0.4, 0.5) is 0 Å². The molecule has 6 heteroatoms. The molecule has 2 N–H and O–H groups in total. The normalized spacial score (nSPS) is 10.8. The Balaban J connectivity index is 2.14.